The standard InChI is InChI=1S/C39H39F3N10O4S3/c1-38(2,3)56-37(55)52-34(26-19-27(22-43-20-26)39(40,41)42)49-51(36(52)59-24-31(54)46-29-13-9-6-10-14-29)18-17-50-33(25-15-16-32(57-4)44-21-25)47-48-35(50)58-23-30(53)45-28-11-7-5-8-12-28/h5-16,19-22,36H,17-18,23-24H2,1-4H3,(H,45,53)(H,46,54). The first kappa shape index (κ1) is 43.0. The predicted octanol–water partition coefficient (Wildman–Crippen LogP) is 7.78. The predicted molar refractivity (Wildman–Crippen MR) is 223 cm³/mol. The number of alkyl halides is 3. The molecular weight excluding hydrogens is 826 g/mol. The van der Waals surface area contributed by atoms with Gasteiger partial charge in [0.2, 0.25) is 11.8 Å². The molecule has 1 unspecified atom stereocenters. The first-order valence-corrected chi connectivity index (χ1v) is 21.2. The Morgan fingerprint density at radius 3 is 2.07 bits per heavy atom. The molecule has 308 valence electrons. The number of hydrogen-bond donors (Lipinski definition) is 2. The van der Waals surface area contributed by atoms with Crippen LogP contribution in [0.4, 0.5) is 29.3 Å². The van der Waals surface area contributed by atoms with Crippen LogP contribution in [0.2, 0.25) is 0 Å². The topological polar surface area (TPSA) is 160 Å². The van der Waals surface area contributed by atoms with Crippen molar-refractivity contribution in [2.24, 2.45) is 5.10 Å². The molecule has 4 heterocycles. The van der Waals surface area contributed by atoms with Crippen LogP contribution in [0, 0.1) is 0 Å². The van der Waals surface area contributed by atoms with Gasteiger partial charge in [0.15, 0.2) is 22.3 Å². The van der Waals surface area contributed by atoms with Crippen LogP contribution >= 0.6 is 35.3 Å². The largest absolute Gasteiger partial charge is 0.443 e. The summed E-state index contributed by atoms with van der Waals surface area (Å²) in [6.45, 7) is 5.11. The number of amidine groups is 1. The minimum atomic E-state index is -4.73. The zero-order valence-corrected chi connectivity index (χ0v) is 34.7. The molecular formula is C39H39F3N10O4S3. The maximum atomic E-state index is 14.0. The summed E-state index contributed by atoms with van der Waals surface area (Å²) in [4.78, 5) is 49.7. The van der Waals surface area contributed by atoms with E-state index in [1.165, 1.54) is 23.0 Å². The number of benzene rings is 2. The van der Waals surface area contributed by atoms with Crippen LogP contribution in [-0.2, 0) is 27.0 Å². The number of ether oxygens (including phenoxy) is 1. The summed E-state index contributed by atoms with van der Waals surface area (Å²) in [5.41, 5.74) is -1.40. The number of rotatable bonds is 14. The van der Waals surface area contributed by atoms with Crippen LogP contribution in [0.5, 0.6) is 0 Å². The molecule has 3 aromatic heterocycles. The second-order valence-electron chi connectivity index (χ2n) is 13.7. The zero-order chi connectivity index (χ0) is 42.2. The van der Waals surface area contributed by atoms with E-state index in [9.17, 15) is 27.6 Å². The number of nitrogens with zero attached hydrogens (tertiary/aromatic N) is 8. The molecule has 1 aliphatic rings. The Morgan fingerprint density at radius 2 is 1.47 bits per heavy atom. The van der Waals surface area contributed by atoms with Crippen molar-refractivity contribution in [2.45, 2.75) is 54.8 Å². The van der Waals surface area contributed by atoms with Crippen molar-refractivity contribution in [3.8, 4) is 11.4 Å². The van der Waals surface area contributed by atoms with Crippen molar-refractivity contribution in [1.82, 2.24) is 34.6 Å². The van der Waals surface area contributed by atoms with Gasteiger partial charge in [0, 0.05) is 47.6 Å². The maximum Gasteiger partial charge on any atom is 0.418 e. The average Bonchev–Trinajstić information content (AvgIpc) is 3.79. The molecule has 0 radical (unpaired) electrons. The number of pyridine rings is 2. The van der Waals surface area contributed by atoms with Crippen LogP contribution in [0.25, 0.3) is 11.4 Å². The first-order valence-electron chi connectivity index (χ1n) is 18.0. The van der Waals surface area contributed by atoms with Crippen molar-refractivity contribution in [3.63, 3.8) is 0 Å². The number of amides is 3. The van der Waals surface area contributed by atoms with Gasteiger partial charge < -0.3 is 19.9 Å². The van der Waals surface area contributed by atoms with Gasteiger partial charge in [-0.05, 0) is 69.5 Å². The van der Waals surface area contributed by atoms with E-state index < -0.39 is 34.8 Å². The number of carbonyl (C=O) groups is 3. The van der Waals surface area contributed by atoms with Crippen LogP contribution in [0.15, 0.2) is 113 Å². The van der Waals surface area contributed by atoms with Crippen molar-refractivity contribution < 1.29 is 32.3 Å². The van der Waals surface area contributed by atoms with E-state index in [0.717, 1.165) is 39.5 Å². The van der Waals surface area contributed by atoms with Gasteiger partial charge in [0.05, 0.1) is 28.6 Å². The minimum absolute atomic E-state index is 0.00727. The van der Waals surface area contributed by atoms with Gasteiger partial charge in [0.25, 0.3) is 0 Å². The summed E-state index contributed by atoms with van der Waals surface area (Å²) in [5, 5.41) is 21.9. The Labute approximate surface area is 350 Å². The highest BCUT2D eigenvalue weighted by Gasteiger charge is 2.43. The molecule has 2 N–H and O–H groups in total. The van der Waals surface area contributed by atoms with Crippen molar-refractivity contribution in [3.05, 3.63) is 109 Å². The lowest BCUT2D eigenvalue weighted by Gasteiger charge is -2.31. The highest BCUT2D eigenvalue weighted by molar-refractivity contribution is 8.00. The molecule has 14 nitrogen and oxygen atoms in total. The van der Waals surface area contributed by atoms with E-state index >= 15 is 0 Å². The Morgan fingerprint density at radius 1 is 0.814 bits per heavy atom. The third kappa shape index (κ3) is 11.5. The number of halogens is 3. The summed E-state index contributed by atoms with van der Waals surface area (Å²) in [7, 11) is 0. The summed E-state index contributed by atoms with van der Waals surface area (Å²) in [6, 6.07) is 22.3. The summed E-state index contributed by atoms with van der Waals surface area (Å²) >= 11 is 3.64. The number of aromatic nitrogens is 5. The third-order valence-electron chi connectivity index (χ3n) is 8.13. The third-order valence-corrected chi connectivity index (χ3v) is 10.9. The Kier molecular flexibility index (Phi) is 13.8. The molecule has 0 aliphatic carbocycles. The van der Waals surface area contributed by atoms with Crippen LogP contribution in [-0.4, -0.2) is 93.8 Å². The number of hydrogen-bond acceptors (Lipinski definition) is 13. The molecule has 1 aliphatic heterocycles. The van der Waals surface area contributed by atoms with E-state index in [4.69, 9.17) is 9.84 Å². The monoisotopic (exact) mass is 864 g/mol. The molecule has 0 spiro atoms. The molecule has 3 amide bonds. The van der Waals surface area contributed by atoms with E-state index in [-0.39, 0.29) is 41.9 Å². The van der Waals surface area contributed by atoms with Crippen molar-refractivity contribution >= 4 is 70.4 Å². The van der Waals surface area contributed by atoms with Gasteiger partial charge in [0.1, 0.15) is 5.60 Å². The molecule has 59 heavy (non-hydrogen) atoms. The molecule has 5 aromatic rings. The van der Waals surface area contributed by atoms with E-state index in [1.54, 1.807) is 74.0 Å². The molecule has 0 saturated heterocycles. The van der Waals surface area contributed by atoms with Gasteiger partial charge in [-0.25, -0.2) is 14.7 Å². The van der Waals surface area contributed by atoms with E-state index in [1.807, 2.05) is 36.6 Å². The molecule has 20 heteroatoms. The second kappa shape index (κ2) is 19.0. The molecule has 0 bridgehead atoms. The van der Waals surface area contributed by atoms with Gasteiger partial charge >= 0.3 is 12.3 Å². The zero-order valence-electron chi connectivity index (χ0n) is 32.2. The Hall–Kier alpha value is -5.60. The smallest absolute Gasteiger partial charge is 0.418 e. The lowest BCUT2D eigenvalue weighted by Crippen LogP contribution is -2.47. The quantitative estimate of drug-likeness (QED) is 0.105. The maximum absolute atomic E-state index is 14.0. The lowest BCUT2D eigenvalue weighted by atomic mass is 10.2. The van der Waals surface area contributed by atoms with Gasteiger partial charge in [-0.1, -0.05) is 48.2 Å². The fourth-order valence-electron chi connectivity index (χ4n) is 5.54. The first-order chi connectivity index (χ1) is 28.2. The van der Waals surface area contributed by atoms with Gasteiger partial charge in [-0.2, -0.15) is 18.3 Å². The number of nitrogens with one attached hydrogen (secondary N) is 2. The SMILES string of the molecule is CSc1ccc(-c2nnc(SCC(=O)Nc3ccccc3)n2CCN2N=C(c3cncc(C(F)(F)F)c3)N(C(=O)OC(C)(C)C)C2SCC(=O)Nc2ccccc2)cn1. The van der Waals surface area contributed by atoms with E-state index in [0.29, 0.717) is 34.1 Å². The van der Waals surface area contributed by atoms with Crippen molar-refractivity contribution in [2.75, 3.05) is 34.9 Å². The number of thioether (sulfide) groups is 3. The molecule has 0 fully saturated rings. The van der Waals surface area contributed by atoms with Crippen molar-refractivity contribution in [1.29, 1.82) is 0 Å². The molecule has 1 atom stereocenters. The number of carbonyl (C=O) groups excluding carboxylic acids is 3. The normalized spacial score (nSPS) is 14.2. The minimum Gasteiger partial charge on any atom is -0.443 e. The summed E-state index contributed by atoms with van der Waals surface area (Å²) in [5.74, 6) is -0.586. The molecule has 0 saturated carbocycles. The fraction of sp³-hybridized carbons (Fsp3) is 0.282. The molecule has 6 rings (SSSR count). The summed E-state index contributed by atoms with van der Waals surface area (Å²) < 4.78 is 49.4. The van der Waals surface area contributed by atoms with Crippen LogP contribution in [0.3, 0.4) is 0 Å². The van der Waals surface area contributed by atoms with E-state index in [2.05, 4.69) is 30.8 Å². The highest BCUT2D eigenvalue weighted by atomic mass is 32.2. The van der Waals surface area contributed by atoms with Gasteiger partial charge in [-0.15, -0.1) is 33.7 Å². The van der Waals surface area contributed by atoms with Crippen LogP contribution < -0.4 is 10.6 Å². The lowest BCUT2D eigenvalue weighted by molar-refractivity contribution is -0.137. The summed E-state index contributed by atoms with van der Waals surface area (Å²) in [6.07, 6.45) is -0.214. The Balaban J connectivity index is 1.35. The second-order valence-corrected chi connectivity index (χ2v) is 16.5. The Bertz CT molecular complexity index is 2280. The average molecular weight is 865 g/mol. The van der Waals surface area contributed by atoms with Gasteiger partial charge in [-0.3, -0.25) is 19.6 Å². The fourth-order valence-corrected chi connectivity index (χ4v) is 7.70. The highest BCUT2D eigenvalue weighted by Crippen LogP contribution is 2.34. The molecule has 2 aromatic carbocycles. The number of anilines is 2. The van der Waals surface area contributed by atoms with Crippen LogP contribution in [0.1, 0.15) is 31.9 Å². The number of para-hydroxylation sites is 2. The number of hydrazone groups is 1.